The second-order valence-corrected chi connectivity index (χ2v) is 6.15. The first-order chi connectivity index (χ1) is 8.95. The van der Waals surface area contributed by atoms with Crippen LogP contribution in [-0.4, -0.2) is 28.7 Å². The topological polar surface area (TPSA) is 54.3 Å². The maximum Gasteiger partial charge on any atom is 0.267 e. The average molecular weight is 331 g/mol. The molecule has 5 heteroatoms. The number of rotatable bonds is 7. The van der Waals surface area contributed by atoms with Crippen molar-refractivity contribution in [3.63, 3.8) is 0 Å². The predicted octanol–water partition coefficient (Wildman–Crippen LogP) is 2.97. The van der Waals surface area contributed by atoms with E-state index in [-0.39, 0.29) is 18.6 Å². The highest BCUT2D eigenvalue weighted by Crippen LogP contribution is 2.19. The van der Waals surface area contributed by atoms with Gasteiger partial charge in [-0.1, -0.05) is 6.92 Å². The van der Waals surface area contributed by atoms with Crippen LogP contribution in [0.3, 0.4) is 0 Å². The Labute approximate surface area is 123 Å². The van der Waals surface area contributed by atoms with Gasteiger partial charge in [0.15, 0.2) is 0 Å². The van der Waals surface area contributed by atoms with Crippen LogP contribution in [0.15, 0.2) is 16.7 Å². The number of aliphatic hydroxyl groups excluding tert-OH is 1. The number of carbonyl (C=O) groups excluding carboxylic acids is 1. The van der Waals surface area contributed by atoms with E-state index in [9.17, 15) is 4.79 Å². The monoisotopic (exact) mass is 330 g/mol. The van der Waals surface area contributed by atoms with Crippen molar-refractivity contribution in [3.8, 4) is 0 Å². The quantitative estimate of drug-likeness (QED) is 0.755. The van der Waals surface area contributed by atoms with Crippen molar-refractivity contribution in [2.45, 2.75) is 39.7 Å². The van der Waals surface area contributed by atoms with Crippen molar-refractivity contribution in [2.75, 3.05) is 13.2 Å². The van der Waals surface area contributed by atoms with Gasteiger partial charge in [0.2, 0.25) is 0 Å². The third kappa shape index (κ3) is 4.99. The zero-order chi connectivity index (χ0) is 14.4. The Morgan fingerprint density at radius 3 is 2.74 bits per heavy atom. The molecule has 0 saturated carbocycles. The molecule has 19 heavy (non-hydrogen) atoms. The van der Waals surface area contributed by atoms with E-state index in [2.05, 4.69) is 21.2 Å². The van der Waals surface area contributed by atoms with Gasteiger partial charge in [-0.05, 0) is 54.6 Å². The Morgan fingerprint density at radius 2 is 2.16 bits per heavy atom. The molecule has 0 bridgehead atoms. The molecule has 1 aromatic rings. The van der Waals surface area contributed by atoms with Gasteiger partial charge in [-0.2, -0.15) is 0 Å². The summed E-state index contributed by atoms with van der Waals surface area (Å²) in [5.41, 5.74) is 0.678. The number of aromatic nitrogens is 1. The van der Waals surface area contributed by atoms with Gasteiger partial charge in [0.25, 0.3) is 5.91 Å². The summed E-state index contributed by atoms with van der Waals surface area (Å²) in [5.74, 6) is 0.252. The van der Waals surface area contributed by atoms with Crippen LogP contribution in [0.2, 0.25) is 0 Å². The first-order valence-corrected chi connectivity index (χ1v) is 7.51. The van der Waals surface area contributed by atoms with E-state index >= 15 is 0 Å². The molecular formula is C14H23BrN2O2. The van der Waals surface area contributed by atoms with Crippen molar-refractivity contribution in [3.05, 3.63) is 22.4 Å². The smallest absolute Gasteiger partial charge is 0.267 e. The maximum atomic E-state index is 12.1. The van der Waals surface area contributed by atoms with Crippen molar-refractivity contribution >= 4 is 21.8 Å². The number of halogens is 1. The van der Waals surface area contributed by atoms with E-state index in [0.717, 1.165) is 17.3 Å². The van der Waals surface area contributed by atoms with Crippen LogP contribution >= 0.6 is 15.9 Å². The molecule has 1 amide bonds. The minimum Gasteiger partial charge on any atom is -0.396 e. The molecule has 1 rings (SSSR count). The highest BCUT2D eigenvalue weighted by molar-refractivity contribution is 9.10. The van der Waals surface area contributed by atoms with Gasteiger partial charge in [-0.25, -0.2) is 0 Å². The van der Waals surface area contributed by atoms with Gasteiger partial charge in [0.05, 0.1) is 0 Å². The summed E-state index contributed by atoms with van der Waals surface area (Å²) in [6.45, 7) is 6.95. The number of aliphatic hydroxyl groups is 1. The molecule has 1 aromatic heterocycles. The molecular weight excluding hydrogens is 308 g/mol. The molecule has 0 aliphatic heterocycles. The first kappa shape index (κ1) is 16.2. The SMILES string of the molecule is CC(CO)CCCNC(=O)c1cc(Br)cn1C(C)C. The summed E-state index contributed by atoms with van der Waals surface area (Å²) in [6, 6.07) is 2.09. The van der Waals surface area contributed by atoms with E-state index in [1.807, 2.05) is 37.6 Å². The van der Waals surface area contributed by atoms with Crippen LogP contribution < -0.4 is 5.32 Å². The lowest BCUT2D eigenvalue weighted by atomic mass is 10.1. The second-order valence-electron chi connectivity index (χ2n) is 5.23. The van der Waals surface area contributed by atoms with Gasteiger partial charge >= 0.3 is 0 Å². The molecule has 4 nitrogen and oxygen atoms in total. The molecule has 2 N–H and O–H groups in total. The van der Waals surface area contributed by atoms with Crippen LogP contribution in [0.25, 0.3) is 0 Å². The third-order valence-electron chi connectivity index (χ3n) is 3.08. The van der Waals surface area contributed by atoms with E-state index in [1.54, 1.807) is 0 Å². The summed E-state index contributed by atoms with van der Waals surface area (Å²) < 4.78 is 2.87. The normalized spacial score (nSPS) is 12.7. The number of nitrogens with zero attached hydrogens (tertiary/aromatic N) is 1. The van der Waals surface area contributed by atoms with E-state index < -0.39 is 0 Å². The molecule has 1 atom stereocenters. The number of carbonyl (C=O) groups is 1. The Kier molecular flexibility index (Phi) is 6.58. The lowest BCUT2D eigenvalue weighted by Gasteiger charge is -2.13. The summed E-state index contributed by atoms with van der Waals surface area (Å²) in [4.78, 5) is 12.1. The zero-order valence-corrected chi connectivity index (χ0v) is 13.4. The van der Waals surface area contributed by atoms with Gasteiger partial charge < -0.3 is 15.0 Å². The third-order valence-corrected chi connectivity index (χ3v) is 3.51. The molecule has 0 spiro atoms. The largest absolute Gasteiger partial charge is 0.396 e. The molecule has 108 valence electrons. The highest BCUT2D eigenvalue weighted by Gasteiger charge is 2.14. The van der Waals surface area contributed by atoms with Crippen molar-refractivity contribution in [1.29, 1.82) is 0 Å². The Bertz CT molecular complexity index is 416. The van der Waals surface area contributed by atoms with Crippen LogP contribution in [0, 0.1) is 5.92 Å². The molecule has 0 aliphatic carbocycles. The molecule has 0 fully saturated rings. The zero-order valence-electron chi connectivity index (χ0n) is 11.8. The fourth-order valence-corrected chi connectivity index (χ4v) is 2.33. The van der Waals surface area contributed by atoms with Crippen LogP contribution in [-0.2, 0) is 0 Å². The first-order valence-electron chi connectivity index (χ1n) is 6.72. The number of nitrogens with one attached hydrogen (secondary N) is 1. The molecule has 0 saturated heterocycles. The van der Waals surface area contributed by atoms with Crippen LogP contribution in [0.5, 0.6) is 0 Å². The molecule has 0 aromatic carbocycles. The maximum absolute atomic E-state index is 12.1. The van der Waals surface area contributed by atoms with Gasteiger partial charge in [-0.3, -0.25) is 4.79 Å². The Hall–Kier alpha value is -0.810. The van der Waals surface area contributed by atoms with Crippen LogP contribution in [0.4, 0.5) is 0 Å². The standard InChI is InChI=1S/C14H23BrN2O2/c1-10(2)17-8-12(15)7-13(17)14(19)16-6-4-5-11(3)9-18/h7-8,10-11,18H,4-6,9H2,1-3H3,(H,16,19). The van der Waals surface area contributed by atoms with Crippen molar-refractivity contribution < 1.29 is 9.90 Å². The van der Waals surface area contributed by atoms with Gasteiger partial charge in [0, 0.05) is 29.9 Å². The fourth-order valence-electron chi connectivity index (χ4n) is 1.89. The summed E-state index contributed by atoms with van der Waals surface area (Å²) in [5, 5.41) is 11.9. The van der Waals surface area contributed by atoms with Gasteiger partial charge in [-0.15, -0.1) is 0 Å². The molecule has 0 aliphatic rings. The Morgan fingerprint density at radius 1 is 1.47 bits per heavy atom. The van der Waals surface area contributed by atoms with E-state index in [0.29, 0.717) is 18.2 Å². The van der Waals surface area contributed by atoms with Crippen molar-refractivity contribution in [1.82, 2.24) is 9.88 Å². The summed E-state index contributed by atoms with van der Waals surface area (Å²) >= 11 is 3.40. The fraction of sp³-hybridized carbons (Fsp3) is 0.643. The highest BCUT2D eigenvalue weighted by atomic mass is 79.9. The van der Waals surface area contributed by atoms with E-state index in [1.165, 1.54) is 0 Å². The van der Waals surface area contributed by atoms with Crippen molar-refractivity contribution in [2.24, 2.45) is 5.92 Å². The van der Waals surface area contributed by atoms with Gasteiger partial charge in [0.1, 0.15) is 5.69 Å². The Balaban J connectivity index is 2.50. The predicted molar refractivity (Wildman–Crippen MR) is 80.3 cm³/mol. The lowest BCUT2D eigenvalue weighted by molar-refractivity contribution is 0.0941. The number of hydrogen-bond donors (Lipinski definition) is 2. The minimum absolute atomic E-state index is 0.0453. The summed E-state index contributed by atoms with van der Waals surface area (Å²) in [7, 11) is 0. The number of hydrogen-bond acceptors (Lipinski definition) is 2. The lowest BCUT2D eigenvalue weighted by Crippen LogP contribution is -2.27. The molecule has 1 unspecified atom stereocenters. The minimum atomic E-state index is -0.0453. The summed E-state index contributed by atoms with van der Waals surface area (Å²) in [6.07, 6.45) is 3.73. The average Bonchev–Trinajstić information content (AvgIpc) is 2.76. The molecule has 1 heterocycles. The van der Waals surface area contributed by atoms with E-state index in [4.69, 9.17) is 5.11 Å². The second kappa shape index (κ2) is 7.70. The number of amides is 1. The molecule has 0 radical (unpaired) electrons. The van der Waals surface area contributed by atoms with Crippen LogP contribution in [0.1, 0.15) is 50.1 Å².